The minimum Gasteiger partial charge on any atom is -0.481 e. The second-order valence-corrected chi connectivity index (χ2v) is 4.49. The van der Waals surface area contributed by atoms with E-state index in [1.165, 1.54) is 6.07 Å². The highest BCUT2D eigenvalue weighted by molar-refractivity contribution is 5.77. The molecule has 0 spiro atoms. The summed E-state index contributed by atoms with van der Waals surface area (Å²) in [7, 11) is 0. The lowest BCUT2D eigenvalue weighted by molar-refractivity contribution is -0.153. The predicted molar refractivity (Wildman–Crippen MR) is 72.6 cm³/mol. The van der Waals surface area contributed by atoms with Crippen LogP contribution in [0.1, 0.15) is 5.56 Å². The Morgan fingerprint density at radius 3 is 2.30 bits per heavy atom. The number of halogens is 3. The van der Waals surface area contributed by atoms with Crippen molar-refractivity contribution in [3.63, 3.8) is 0 Å². The molecule has 2 nitrogen and oxygen atoms in total. The predicted octanol–water partition coefficient (Wildman–Crippen LogP) is 4.19. The van der Waals surface area contributed by atoms with Crippen LogP contribution in [-0.2, 0) is 0 Å². The first-order chi connectivity index (χ1) is 9.37. The molecule has 0 saturated heterocycles. The molecule has 0 unspecified atom stereocenters. The summed E-state index contributed by atoms with van der Waals surface area (Å²) in [4.78, 5) is 0. The number of rotatable bonds is 3. The van der Waals surface area contributed by atoms with Crippen LogP contribution in [-0.4, -0.2) is 12.8 Å². The fraction of sp³-hybridized carbons (Fsp3) is 0.200. The maximum Gasteiger partial charge on any atom is 0.422 e. The number of benzene rings is 2. The first kappa shape index (κ1) is 14.2. The number of aryl methyl sites for hydroxylation is 1. The number of hydrogen-bond donors (Lipinski definition) is 1. The lowest BCUT2D eigenvalue weighted by atomic mass is 10.0. The van der Waals surface area contributed by atoms with E-state index >= 15 is 0 Å². The maximum atomic E-state index is 12.3. The molecule has 2 aromatic rings. The number of hydrogen-bond acceptors (Lipinski definition) is 2. The number of alkyl halides is 3. The van der Waals surface area contributed by atoms with Crippen LogP contribution in [0.15, 0.2) is 42.5 Å². The number of para-hydroxylation sites is 1. The van der Waals surface area contributed by atoms with E-state index in [0.29, 0.717) is 5.56 Å². The number of nitrogen functional groups attached to an aromatic ring is 1. The molecular formula is C15H14F3NO. The Hall–Kier alpha value is -2.17. The normalized spacial score (nSPS) is 11.4. The van der Waals surface area contributed by atoms with Gasteiger partial charge in [-0.3, -0.25) is 0 Å². The minimum absolute atomic E-state index is 0.0636. The molecule has 0 aromatic heterocycles. The van der Waals surface area contributed by atoms with E-state index in [2.05, 4.69) is 0 Å². The van der Waals surface area contributed by atoms with Gasteiger partial charge in [0.25, 0.3) is 0 Å². The zero-order valence-corrected chi connectivity index (χ0v) is 10.9. The lowest BCUT2D eigenvalue weighted by Crippen LogP contribution is -2.20. The Morgan fingerprint density at radius 1 is 1.05 bits per heavy atom. The summed E-state index contributed by atoms with van der Waals surface area (Å²) in [6.45, 7) is 0.574. The van der Waals surface area contributed by atoms with Gasteiger partial charge in [0, 0.05) is 5.56 Å². The summed E-state index contributed by atoms with van der Waals surface area (Å²) >= 11 is 0. The van der Waals surface area contributed by atoms with Gasteiger partial charge in [-0.1, -0.05) is 42.0 Å². The van der Waals surface area contributed by atoms with Gasteiger partial charge in [0.05, 0.1) is 5.69 Å². The number of anilines is 1. The molecule has 0 saturated carbocycles. The van der Waals surface area contributed by atoms with Crippen molar-refractivity contribution in [3.05, 3.63) is 48.0 Å². The highest BCUT2D eigenvalue weighted by Crippen LogP contribution is 2.36. The van der Waals surface area contributed by atoms with Crippen molar-refractivity contribution in [3.8, 4) is 16.9 Å². The second-order valence-electron chi connectivity index (χ2n) is 4.49. The third kappa shape index (κ3) is 3.44. The van der Waals surface area contributed by atoms with Crippen molar-refractivity contribution >= 4 is 5.69 Å². The molecule has 2 aromatic carbocycles. The summed E-state index contributed by atoms with van der Waals surface area (Å²) < 4.78 is 41.7. The molecule has 0 aliphatic rings. The molecule has 0 fully saturated rings. The highest BCUT2D eigenvalue weighted by atomic mass is 19.4. The molecule has 0 aliphatic carbocycles. The largest absolute Gasteiger partial charge is 0.481 e. The van der Waals surface area contributed by atoms with Crippen LogP contribution >= 0.6 is 0 Å². The topological polar surface area (TPSA) is 35.2 Å². The van der Waals surface area contributed by atoms with Gasteiger partial charge >= 0.3 is 6.18 Å². The Balaban J connectivity index is 2.38. The molecule has 0 heterocycles. The fourth-order valence-electron chi connectivity index (χ4n) is 1.83. The van der Waals surface area contributed by atoms with Crippen molar-refractivity contribution < 1.29 is 17.9 Å². The molecule has 2 N–H and O–H groups in total. The van der Waals surface area contributed by atoms with E-state index in [1.54, 1.807) is 12.1 Å². The van der Waals surface area contributed by atoms with E-state index in [4.69, 9.17) is 10.5 Å². The maximum absolute atomic E-state index is 12.3. The average molecular weight is 281 g/mol. The van der Waals surface area contributed by atoms with Crippen LogP contribution in [0.3, 0.4) is 0 Å². The molecule has 0 amide bonds. The molecule has 0 atom stereocenters. The molecule has 0 aliphatic heterocycles. The fourth-order valence-corrected chi connectivity index (χ4v) is 1.83. The van der Waals surface area contributed by atoms with E-state index in [9.17, 15) is 13.2 Å². The monoisotopic (exact) mass is 281 g/mol. The average Bonchev–Trinajstić information content (AvgIpc) is 2.37. The van der Waals surface area contributed by atoms with Gasteiger partial charge in [-0.05, 0) is 18.6 Å². The third-order valence-corrected chi connectivity index (χ3v) is 2.79. The smallest absolute Gasteiger partial charge is 0.422 e. The summed E-state index contributed by atoms with van der Waals surface area (Å²) in [6, 6.07) is 12.3. The Labute approximate surface area is 115 Å². The standard InChI is InChI=1S/C15H14F3NO/c1-10-5-7-11(8-6-10)12-3-2-4-13(19)14(12)20-9-15(16,17)18/h2-8H,9,19H2,1H3. The zero-order valence-electron chi connectivity index (χ0n) is 10.9. The van der Waals surface area contributed by atoms with Gasteiger partial charge in [0.1, 0.15) is 5.75 Å². The Bertz CT molecular complexity index is 591. The molecule has 0 radical (unpaired) electrons. The quantitative estimate of drug-likeness (QED) is 0.856. The molecule has 20 heavy (non-hydrogen) atoms. The van der Waals surface area contributed by atoms with Crippen LogP contribution < -0.4 is 10.5 Å². The van der Waals surface area contributed by atoms with E-state index < -0.39 is 12.8 Å². The number of ether oxygens (including phenoxy) is 1. The van der Waals surface area contributed by atoms with Crippen molar-refractivity contribution in [1.82, 2.24) is 0 Å². The van der Waals surface area contributed by atoms with Crippen LogP contribution in [0.2, 0.25) is 0 Å². The summed E-state index contributed by atoms with van der Waals surface area (Å²) in [5.74, 6) is 0.0636. The molecule has 5 heteroatoms. The first-order valence-electron chi connectivity index (χ1n) is 6.02. The SMILES string of the molecule is Cc1ccc(-c2cccc(N)c2OCC(F)(F)F)cc1. The molecule has 0 bridgehead atoms. The zero-order chi connectivity index (χ0) is 14.8. The Kier molecular flexibility index (Phi) is 3.88. The van der Waals surface area contributed by atoms with Crippen LogP contribution in [0.4, 0.5) is 18.9 Å². The van der Waals surface area contributed by atoms with Crippen molar-refractivity contribution in [1.29, 1.82) is 0 Å². The first-order valence-corrected chi connectivity index (χ1v) is 6.02. The van der Waals surface area contributed by atoms with E-state index in [-0.39, 0.29) is 11.4 Å². The molecule has 106 valence electrons. The number of nitrogens with two attached hydrogens (primary N) is 1. The van der Waals surface area contributed by atoms with Gasteiger partial charge in [-0.2, -0.15) is 13.2 Å². The molecule has 2 rings (SSSR count). The molecular weight excluding hydrogens is 267 g/mol. The van der Waals surface area contributed by atoms with Crippen molar-refractivity contribution in [2.45, 2.75) is 13.1 Å². The van der Waals surface area contributed by atoms with Gasteiger partial charge in [0.15, 0.2) is 6.61 Å². The lowest BCUT2D eigenvalue weighted by Gasteiger charge is -2.15. The highest BCUT2D eigenvalue weighted by Gasteiger charge is 2.29. The van der Waals surface area contributed by atoms with Gasteiger partial charge < -0.3 is 10.5 Å². The van der Waals surface area contributed by atoms with Crippen molar-refractivity contribution in [2.24, 2.45) is 0 Å². The van der Waals surface area contributed by atoms with Crippen molar-refractivity contribution in [2.75, 3.05) is 12.3 Å². The second kappa shape index (κ2) is 5.45. The third-order valence-electron chi connectivity index (χ3n) is 2.79. The van der Waals surface area contributed by atoms with E-state index in [0.717, 1.165) is 11.1 Å². The minimum atomic E-state index is -4.40. The Morgan fingerprint density at radius 2 is 1.70 bits per heavy atom. The summed E-state index contributed by atoms with van der Waals surface area (Å²) in [5, 5.41) is 0. The van der Waals surface area contributed by atoms with Crippen LogP contribution in [0, 0.1) is 6.92 Å². The van der Waals surface area contributed by atoms with E-state index in [1.807, 2.05) is 31.2 Å². The van der Waals surface area contributed by atoms with Gasteiger partial charge in [-0.25, -0.2) is 0 Å². The summed E-state index contributed by atoms with van der Waals surface area (Å²) in [6.07, 6.45) is -4.40. The van der Waals surface area contributed by atoms with Crippen LogP contribution in [0.5, 0.6) is 5.75 Å². The van der Waals surface area contributed by atoms with Gasteiger partial charge in [0.2, 0.25) is 0 Å². The summed E-state index contributed by atoms with van der Waals surface area (Å²) in [5.41, 5.74) is 8.29. The van der Waals surface area contributed by atoms with Crippen LogP contribution in [0.25, 0.3) is 11.1 Å². The van der Waals surface area contributed by atoms with Gasteiger partial charge in [-0.15, -0.1) is 0 Å².